The molecule has 0 saturated heterocycles. The van der Waals surface area contributed by atoms with E-state index in [0.29, 0.717) is 19.4 Å². The van der Waals surface area contributed by atoms with Crippen molar-refractivity contribution in [2.45, 2.75) is 47.0 Å². The van der Waals surface area contributed by atoms with Gasteiger partial charge in [0.15, 0.2) is 0 Å². The van der Waals surface area contributed by atoms with E-state index >= 15 is 0 Å². The highest BCUT2D eigenvalue weighted by Gasteiger charge is 2.09. The molecule has 0 bridgehead atoms. The molecule has 0 spiro atoms. The van der Waals surface area contributed by atoms with Crippen LogP contribution < -0.4 is 15.4 Å². The van der Waals surface area contributed by atoms with E-state index in [1.807, 2.05) is 63.2 Å². The highest BCUT2D eigenvalue weighted by Crippen LogP contribution is 2.25. The van der Waals surface area contributed by atoms with Gasteiger partial charge in [0.2, 0.25) is 5.91 Å². The first-order valence-corrected chi connectivity index (χ1v) is 10.6. The van der Waals surface area contributed by atoms with Crippen LogP contribution in [-0.4, -0.2) is 22.5 Å². The third-order valence-electron chi connectivity index (χ3n) is 5.04. The molecule has 1 amide bonds. The molecule has 6 nitrogen and oxygen atoms in total. The Morgan fingerprint density at radius 2 is 1.81 bits per heavy atom. The predicted molar refractivity (Wildman–Crippen MR) is 125 cm³/mol. The van der Waals surface area contributed by atoms with Gasteiger partial charge in [-0.2, -0.15) is 0 Å². The van der Waals surface area contributed by atoms with Gasteiger partial charge in [0, 0.05) is 29.6 Å². The number of carbonyl (C=O) groups is 1. The lowest BCUT2D eigenvalue weighted by molar-refractivity contribution is -0.116. The summed E-state index contributed by atoms with van der Waals surface area (Å²) >= 11 is 0. The number of anilines is 3. The summed E-state index contributed by atoms with van der Waals surface area (Å²) in [6.07, 6.45) is 3.41. The molecule has 162 valence electrons. The fraction of sp³-hybridized carbons (Fsp3) is 0.320. The predicted octanol–water partition coefficient (Wildman–Crippen LogP) is 5.51. The molecule has 0 saturated carbocycles. The SMILES string of the molecule is CCc1ccc(Nc2cc(C)ncn2)cc1NC(=O)CCCOc1c(C)cccc1C. The average Bonchev–Trinajstić information content (AvgIpc) is 2.73. The number of hydrogen-bond donors (Lipinski definition) is 2. The molecule has 3 rings (SSSR count). The zero-order valence-electron chi connectivity index (χ0n) is 18.7. The highest BCUT2D eigenvalue weighted by atomic mass is 16.5. The minimum absolute atomic E-state index is 0.0187. The van der Waals surface area contributed by atoms with Gasteiger partial charge in [0.25, 0.3) is 0 Å². The lowest BCUT2D eigenvalue weighted by Gasteiger charge is -2.14. The Kier molecular flexibility index (Phi) is 7.60. The number of amides is 1. The van der Waals surface area contributed by atoms with Gasteiger partial charge < -0.3 is 15.4 Å². The number of carbonyl (C=O) groups excluding carboxylic acids is 1. The molecule has 2 N–H and O–H groups in total. The van der Waals surface area contributed by atoms with Crippen LogP contribution in [0.25, 0.3) is 0 Å². The van der Waals surface area contributed by atoms with Crippen molar-refractivity contribution in [3.05, 3.63) is 71.2 Å². The van der Waals surface area contributed by atoms with Gasteiger partial charge in [-0.3, -0.25) is 4.79 Å². The first-order chi connectivity index (χ1) is 15.0. The molecule has 0 radical (unpaired) electrons. The molecular formula is C25H30N4O2. The maximum absolute atomic E-state index is 12.5. The van der Waals surface area contributed by atoms with Crippen molar-refractivity contribution in [3.63, 3.8) is 0 Å². The number of rotatable bonds is 9. The zero-order chi connectivity index (χ0) is 22.2. The van der Waals surface area contributed by atoms with E-state index in [4.69, 9.17) is 4.74 Å². The second-order valence-electron chi connectivity index (χ2n) is 7.62. The van der Waals surface area contributed by atoms with Crippen molar-refractivity contribution in [2.24, 2.45) is 0 Å². The number of aryl methyl sites for hydroxylation is 4. The summed E-state index contributed by atoms with van der Waals surface area (Å²) in [6, 6.07) is 13.9. The summed E-state index contributed by atoms with van der Waals surface area (Å²) in [6.45, 7) is 8.57. The van der Waals surface area contributed by atoms with E-state index < -0.39 is 0 Å². The second-order valence-corrected chi connectivity index (χ2v) is 7.62. The average molecular weight is 419 g/mol. The van der Waals surface area contributed by atoms with Gasteiger partial charge in [0.05, 0.1) is 6.61 Å². The van der Waals surface area contributed by atoms with Crippen molar-refractivity contribution >= 4 is 23.1 Å². The van der Waals surface area contributed by atoms with Crippen LogP contribution in [0.1, 0.15) is 42.1 Å². The van der Waals surface area contributed by atoms with E-state index in [1.165, 1.54) is 6.33 Å². The van der Waals surface area contributed by atoms with Crippen LogP contribution in [0.5, 0.6) is 5.75 Å². The van der Waals surface area contributed by atoms with Crippen LogP contribution in [0.4, 0.5) is 17.2 Å². The van der Waals surface area contributed by atoms with E-state index in [9.17, 15) is 4.79 Å². The van der Waals surface area contributed by atoms with Gasteiger partial charge >= 0.3 is 0 Å². The van der Waals surface area contributed by atoms with Crippen molar-refractivity contribution in [2.75, 3.05) is 17.2 Å². The summed E-state index contributed by atoms with van der Waals surface area (Å²) in [7, 11) is 0. The minimum atomic E-state index is -0.0187. The third kappa shape index (κ3) is 6.28. The van der Waals surface area contributed by atoms with Crippen molar-refractivity contribution in [1.82, 2.24) is 9.97 Å². The molecule has 0 fully saturated rings. The molecule has 0 aliphatic heterocycles. The summed E-state index contributed by atoms with van der Waals surface area (Å²) in [4.78, 5) is 20.9. The van der Waals surface area contributed by atoms with Gasteiger partial charge in [-0.05, 0) is 62.4 Å². The summed E-state index contributed by atoms with van der Waals surface area (Å²) in [5.74, 6) is 1.61. The molecule has 0 aliphatic carbocycles. The Hall–Kier alpha value is -3.41. The molecular weight excluding hydrogens is 388 g/mol. The van der Waals surface area contributed by atoms with Crippen LogP contribution in [0.2, 0.25) is 0 Å². The molecule has 1 aromatic heterocycles. The number of nitrogens with one attached hydrogen (secondary N) is 2. The largest absolute Gasteiger partial charge is 0.493 e. The zero-order valence-corrected chi connectivity index (χ0v) is 18.7. The van der Waals surface area contributed by atoms with Crippen LogP contribution in [-0.2, 0) is 11.2 Å². The fourth-order valence-electron chi connectivity index (χ4n) is 3.40. The first-order valence-electron chi connectivity index (χ1n) is 10.6. The Morgan fingerprint density at radius 3 is 2.52 bits per heavy atom. The van der Waals surface area contributed by atoms with Gasteiger partial charge in [-0.15, -0.1) is 0 Å². The van der Waals surface area contributed by atoms with Gasteiger partial charge in [-0.25, -0.2) is 9.97 Å². The standard InChI is InChI=1S/C25H30N4O2/c1-5-20-11-12-21(28-23-14-19(4)26-16-27-23)15-22(20)29-24(30)10-7-13-31-25-17(2)8-6-9-18(25)3/h6,8-9,11-12,14-16H,5,7,10,13H2,1-4H3,(H,29,30)(H,26,27,28). The van der Waals surface area contributed by atoms with Crippen LogP contribution in [0.3, 0.4) is 0 Å². The molecule has 0 unspecified atom stereocenters. The monoisotopic (exact) mass is 418 g/mol. The minimum Gasteiger partial charge on any atom is -0.493 e. The topological polar surface area (TPSA) is 76.1 Å². The lowest BCUT2D eigenvalue weighted by atomic mass is 10.1. The molecule has 0 atom stereocenters. The Morgan fingerprint density at radius 1 is 1.03 bits per heavy atom. The van der Waals surface area contributed by atoms with Gasteiger partial charge in [-0.1, -0.05) is 31.2 Å². The number of hydrogen-bond acceptors (Lipinski definition) is 5. The Bertz CT molecular complexity index is 1030. The number of para-hydroxylation sites is 1. The number of nitrogens with zero attached hydrogens (tertiary/aromatic N) is 2. The Balaban J connectivity index is 1.57. The van der Waals surface area contributed by atoms with Gasteiger partial charge in [0.1, 0.15) is 17.9 Å². The summed E-state index contributed by atoms with van der Waals surface area (Å²) < 4.78 is 5.91. The summed E-state index contributed by atoms with van der Waals surface area (Å²) in [5, 5.41) is 6.32. The maximum atomic E-state index is 12.5. The van der Waals surface area contributed by atoms with Crippen LogP contribution in [0, 0.1) is 20.8 Å². The van der Waals surface area contributed by atoms with Crippen LogP contribution >= 0.6 is 0 Å². The Labute approximate surface area is 184 Å². The molecule has 2 aromatic carbocycles. The highest BCUT2D eigenvalue weighted by molar-refractivity contribution is 5.92. The lowest BCUT2D eigenvalue weighted by Crippen LogP contribution is -2.14. The number of aromatic nitrogens is 2. The second kappa shape index (κ2) is 10.6. The van der Waals surface area contributed by atoms with E-state index in [0.717, 1.165) is 51.7 Å². The molecule has 6 heteroatoms. The molecule has 3 aromatic rings. The van der Waals surface area contributed by atoms with Crippen molar-refractivity contribution in [1.29, 1.82) is 0 Å². The van der Waals surface area contributed by atoms with Crippen molar-refractivity contribution in [3.8, 4) is 5.75 Å². The summed E-state index contributed by atoms with van der Waals surface area (Å²) in [5.41, 5.74) is 5.88. The number of benzene rings is 2. The molecule has 0 aliphatic rings. The smallest absolute Gasteiger partial charge is 0.224 e. The van der Waals surface area contributed by atoms with E-state index in [-0.39, 0.29) is 5.91 Å². The van der Waals surface area contributed by atoms with E-state index in [2.05, 4.69) is 27.5 Å². The first kappa shape index (κ1) is 22.3. The van der Waals surface area contributed by atoms with Crippen LogP contribution in [0.15, 0.2) is 48.8 Å². The fourth-order valence-corrected chi connectivity index (χ4v) is 3.40. The van der Waals surface area contributed by atoms with Crippen molar-refractivity contribution < 1.29 is 9.53 Å². The quantitative estimate of drug-likeness (QED) is 0.448. The molecule has 31 heavy (non-hydrogen) atoms. The van der Waals surface area contributed by atoms with E-state index in [1.54, 1.807) is 0 Å². The number of ether oxygens (including phenoxy) is 1. The normalized spacial score (nSPS) is 10.6. The third-order valence-corrected chi connectivity index (χ3v) is 5.04. The maximum Gasteiger partial charge on any atom is 0.224 e. The molecule has 1 heterocycles.